The molecule has 52 valence electrons. The van der Waals surface area contributed by atoms with Crippen LogP contribution in [0.3, 0.4) is 0 Å². The number of anilines is 1. The fourth-order valence-corrected chi connectivity index (χ4v) is 0.712. The van der Waals surface area contributed by atoms with E-state index >= 15 is 0 Å². The Kier molecular flexibility index (Phi) is 1.59. The first-order chi connectivity index (χ1) is 4.61. The van der Waals surface area contributed by atoms with Crippen LogP contribution < -0.4 is 16.3 Å². The predicted octanol–water partition coefficient (Wildman–Crippen LogP) is -0.467. The molecule has 0 saturated heterocycles. The summed E-state index contributed by atoms with van der Waals surface area (Å²) in [5.74, 6) is 0.282. The maximum Gasteiger partial charge on any atom is 0.224 e. The van der Waals surface area contributed by atoms with Crippen molar-refractivity contribution in [2.24, 2.45) is 0 Å². The van der Waals surface area contributed by atoms with Crippen molar-refractivity contribution in [2.45, 2.75) is 0 Å². The summed E-state index contributed by atoms with van der Waals surface area (Å²) < 4.78 is 0. The number of nitrogen functional groups attached to an aromatic ring is 1. The summed E-state index contributed by atoms with van der Waals surface area (Å²) in [4.78, 5) is 7.40. The Morgan fingerprint density at radius 1 is 1.30 bits per heavy atom. The van der Waals surface area contributed by atoms with Gasteiger partial charge in [0.2, 0.25) is 5.28 Å². The molecule has 0 unspecified atom stereocenters. The van der Waals surface area contributed by atoms with Gasteiger partial charge in [0.05, 0.1) is 5.35 Å². The molecule has 0 amide bonds. The molecule has 0 saturated carbocycles. The molecule has 0 fully saturated rings. The van der Waals surface area contributed by atoms with E-state index in [9.17, 15) is 0 Å². The molecule has 2 N–H and O–H groups in total. The van der Waals surface area contributed by atoms with E-state index in [1.54, 1.807) is 0 Å². The fraction of sp³-hybridized carbons (Fsp3) is 0. The predicted molar refractivity (Wildman–Crippen MR) is 41.7 cm³/mol. The zero-order chi connectivity index (χ0) is 7.72. The Morgan fingerprint density at radius 2 is 1.90 bits per heavy atom. The molecule has 0 radical (unpaired) electrons. The van der Waals surface area contributed by atoms with E-state index in [1.807, 2.05) is 0 Å². The standard InChI is InChI=1S/C6H6ClN3/c1-3-4(2)9-6(7)10-5(3)8/h1-2H2,(H2,8,9,10). The Labute approximate surface area is 62.9 Å². The molecule has 0 bridgehead atoms. The van der Waals surface area contributed by atoms with Gasteiger partial charge in [0.25, 0.3) is 0 Å². The normalized spacial score (nSPS) is 9.70. The van der Waals surface area contributed by atoms with Crippen LogP contribution in [0.5, 0.6) is 0 Å². The van der Waals surface area contributed by atoms with Gasteiger partial charge in [-0.3, -0.25) is 0 Å². The molecule has 10 heavy (non-hydrogen) atoms. The first-order valence-corrected chi connectivity index (χ1v) is 2.96. The van der Waals surface area contributed by atoms with Crippen molar-refractivity contribution in [1.29, 1.82) is 0 Å². The molecule has 1 aromatic rings. The van der Waals surface area contributed by atoms with Crippen LogP contribution in [0.4, 0.5) is 5.82 Å². The van der Waals surface area contributed by atoms with Crippen molar-refractivity contribution in [3.8, 4) is 0 Å². The molecule has 1 rings (SSSR count). The van der Waals surface area contributed by atoms with Crippen molar-refractivity contribution < 1.29 is 0 Å². The van der Waals surface area contributed by atoms with Gasteiger partial charge in [0, 0.05) is 5.22 Å². The Hall–Kier alpha value is -1.09. The van der Waals surface area contributed by atoms with Gasteiger partial charge >= 0.3 is 0 Å². The molecular formula is C6H6ClN3. The minimum absolute atomic E-state index is 0.106. The zero-order valence-electron chi connectivity index (χ0n) is 5.26. The van der Waals surface area contributed by atoms with E-state index in [1.165, 1.54) is 0 Å². The highest BCUT2D eigenvalue weighted by molar-refractivity contribution is 6.28. The molecule has 4 heteroatoms. The van der Waals surface area contributed by atoms with E-state index < -0.39 is 0 Å². The second-order valence-corrected chi connectivity index (χ2v) is 2.14. The molecule has 0 aromatic carbocycles. The number of hydrogen-bond acceptors (Lipinski definition) is 3. The molecule has 0 aliphatic carbocycles. The molecule has 3 nitrogen and oxygen atoms in total. The van der Waals surface area contributed by atoms with Gasteiger partial charge in [-0.25, -0.2) is 9.97 Å². The van der Waals surface area contributed by atoms with Crippen molar-refractivity contribution in [2.75, 3.05) is 5.73 Å². The van der Waals surface area contributed by atoms with E-state index in [0.717, 1.165) is 0 Å². The number of halogens is 1. The number of nitrogens with two attached hydrogens (primary N) is 1. The Morgan fingerprint density at radius 3 is 2.40 bits per heavy atom. The summed E-state index contributed by atoms with van der Waals surface area (Å²) in [6.07, 6.45) is 0. The highest BCUT2D eigenvalue weighted by Gasteiger charge is 1.93. The van der Waals surface area contributed by atoms with Gasteiger partial charge in [-0.15, -0.1) is 0 Å². The second kappa shape index (κ2) is 2.27. The third-order valence-corrected chi connectivity index (χ3v) is 1.27. The Bertz CT molecular complexity index is 347. The van der Waals surface area contributed by atoms with Crippen LogP contribution >= 0.6 is 11.6 Å². The highest BCUT2D eigenvalue weighted by Crippen LogP contribution is 1.93. The summed E-state index contributed by atoms with van der Waals surface area (Å²) in [6.45, 7) is 7.15. The molecular weight excluding hydrogens is 150 g/mol. The first kappa shape index (κ1) is 7.02. The number of rotatable bonds is 0. The van der Waals surface area contributed by atoms with Crippen molar-refractivity contribution >= 4 is 30.6 Å². The summed E-state index contributed by atoms with van der Waals surface area (Å²) in [5.41, 5.74) is 5.38. The lowest BCUT2D eigenvalue weighted by Gasteiger charge is -1.92. The molecule has 0 spiro atoms. The smallest absolute Gasteiger partial charge is 0.224 e. The lowest BCUT2D eigenvalue weighted by Crippen LogP contribution is -2.29. The number of nitrogens with zero attached hydrogens (tertiary/aromatic N) is 2. The van der Waals surface area contributed by atoms with Crippen LogP contribution in [-0.2, 0) is 0 Å². The Balaban J connectivity index is 3.62. The third-order valence-electron chi connectivity index (χ3n) is 1.10. The third kappa shape index (κ3) is 1.09. The average Bonchev–Trinajstić information content (AvgIpc) is 1.82. The monoisotopic (exact) mass is 155 g/mol. The van der Waals surface area contributed by atoms with Crippen LogP contribution in [0.2, 0.25) is 5.28 Å². The van der Waals surface area contributed by atoms with Gasteiger partial charge in [-0.05, 0) is 11.6 Å². The van der Waals surface area contributed by atoms with Crippen molar-refractivity contribution in [1.82, 2.24) is 9.97 Å². The SMILES string of the molecule is C=c1nc(Cl)nc(N)c1=C. The molecule has 0 aliphatic heterocycles. The molecule has 0 atom stereocenters. The van der Waals surface area contributed by atoms with E-state index in [4.69, 9.17) is 17.3 Å². The van der Waals surface area contributed by atoms with Crippen LogP contribution in [0.15, 0.2) is 0 Å². The average molecular weight is 156 g/mol. The van der Waals surface area contributed by atoms with Gasteiger partial charge < -0.3 is 5.73 Å². The van der Waals surface area contributed by atoms with Crippen molar-refractivity contribution in [3.05, 3.63) is 15.9 Å². The number of aromatic nitrogens is 2. The van der Waals surface area contributed by atoms with E-state index in [2.05, 4.69) is 23.1 Å². The molecule has 1 aromatic heterocycles. The van der Waals surface area contributed by atoms with E-state index in [-0.39, 0.29) is 11.1 Å². The maximum atomic E-state index is 5.45. The first-order valence-electron chi connectivity index (χ1n) is 2.58. The fourth-order valence-electron chi connectivity index (χ4n) is 0.519. The quantitative estimate of drug-likeness (QED) is 0.516. The second-order valence-electron chi connectivity index (χ2n) is 1.80. The zero-order valence-corrected chi connectivity index (χ0v) is 6.02. The topological polar surface area (TPSA) is 51.8 Å². The lowest BCUT2D eigenvalue weighted by molar-refractivity contribution is 1.12. The van der Waals surface area contributed by atoms with Gasteiger partial charge in [-0.1, -0.05) is 13.2 Å². The molecule has 1 heterocycles. The van der Waals surface area contributed by atoms with Gasteiger partial charge in [0.1, 0.15) is 5.82 Å². The van der Waals surface area contributed by atoms with Gasteiger partial charge in [-0.2, -0.15) is 0 Å². The van der Waals surface area contributed by atoms with E-state index in [0.29, 0.717) is 10.6 Å². The van der Waals surface area contributed by atoms with Crippen LogP contribution in [0, 0.1) is 0 Å². The van der Waals surface area contributed by atoms with Crippen LogP contribution in [-0.4, -0.2) is 9.97 Å². The number of hydrogen-bond donors (Lipinski definition) is 1. The maximum absolute atomic E-state index is 5.45. The van der Waals surface area contributed by atoms with Crippen molar-refractivity contribution in [3.63, 3.8) is 0 Å². The highest BCUT2D eigenvalue weighted by atomic mass is 35.5. The molecule has 0 aliphatic rings. The largest absolute Gasteiger partial charge is 0.383 e. The summed E-state index contributed by atoms with van der Waals surface area (Å²) >= 11 is 5.45. The lowest BCUT2D eigenvalue weighted by atomic mass is 10.4. The summed E-state index contributed by atoms with van der Waals surface area (Å²) in [6, 6.07) is 0. The van der Waals surface area contributed by atoms with Gasteiger partial charge in [0.15, 0.2) is 0 Å². The minimum atomic E-state index is 0.106. The minimum Gasteiger partial charge on any atom is -0.383 e. The summed E-state index contributed by atoms with van der Waals surface area (Å²) in [7, 11) is 0. The summed E-state index contributed by atoms with van der Waals surface area (Å²) in [5, 5.41) is 1.11. The van der Waals surface area contributed by atoms with Crippen LogP contribution in [0.1, 0.15) is 0 Å². The van der Waals surface area contributed by atoms with Crippen LogP contribution in [0.25, 0.3) is 13.2 Å².